The van der Waals surface area contributed by atoms with Crippen LogP contribution in [0.15, 0.2) is 35.2 Å². The Balaban J connectivity index is 2.19. The molecule has 20 heavy (non-hydrogen) atoms. The average Bonchev–Trinajstić information content (AvgIpc) is 2.64. The summed E-state index contributed by atoms with van der Waals surface area (Å²) in [6.07, 6.45) is 0. The summed E-state index contributed by atoms with van der Waals surface area (Å²) in [5, 5.41) is 0. The molecule has 1 aromatic carbocycles. The normalized spacial score (nSPS) is 11.8. The van der Waals surface area contributed by atoms with Gasteiger partial charge in [-0.2, -0.15) is 0 Å². The molecule has 0 atom stereocenters. The van der Waals surface area contributed by atoms with Crippen molar-refractivity contribution in [2.45, 2.75) is 32.2 Å². The molecule has 1 heterocycles. The Morgan fingerprint density at radius 1 is 1.15 bits per heavy atom. The van der Waals surface area contributed by atoms with Gasteiger partial charge < -0.3 is 4.57 Å². The van der Waals surface area contributed by atoms with Gasteiger partial charge in [0.05, 0.1) is 4.90 Å². The summed E-state index contributed by atoms with van der Waals surface area (Å²) in [4.78, 5) is 0.308. The Labute approximate surface area is 120 Å². The Kier molecular flexibility index (Phi) is 4.01. The first-order valence-electron chi connectivity index (χ1n) is 6.49. The highest BCUT2D eigenvalue weighted by atomic mass is 32.2. The van der Waals surface area contributed by atoms with E-state index in [2.05, 4.69) is 9.29 Å². The van der Waals surface area contributed by atoms with E-state index in [0.717, 1.165) is 22.5 Å². The molecular formula is C15H20N2O2S. The van der Waals surface area contributed by atoms with Gasteiger partial charge in [0.15, 0.2) is 0 Å². The van der Waals surface area contributed by atoms with Crippen LogP contribution in [0.2, 0.25) is 0 Å². The van der Waals surface area contributed by atoms with Gasteiger partial charge in [-0.15, -0.1) is 0 Å². The second kappa shape index (κ2) is 5.42. The fourth-order valence-corrected chi connectivity index (χ4v) is 3.26. The van der Waals surface area contributed by atoms with E-state index in [1.165, 1.54) is 0 Å². The van der Waals surface area contributed by atoms with E-state index in [1.807, 2.05) is 40.0 Å². The number of benzene rings is 1. The predicted octanol–water partition coefficient (Wildman–Crippen LogP) is 2.43. The van der Waals surface area contributed by atoms with Crippen LogP contribution < -0.4 is 4.72 Å². The van der Waals surface area contributed by atoms with Gasteiger partial charge in [-0.05, 0) is 50.1 Å². The zero-order chi connectivity index (χ0) is 14.9. The van der Waals surface area contributed by atoms with Crippen LogP contribution in [0.1, 0.15) is 22.5 Å². The van der Waals surface area contributed by atoms with Gasteiger partial charge in [0, 0.05) is 25.0 Å². The van der Waals surface area contributed by atoms with Crippen LogP contribution in [0.3, 0.4) is 0 Å². The number of hydrogen-bond donors (Lipinski definition) is 1. The van der Waals surface area contributed by atoms with Gasteiger partial charge in [0.2, 0.25) is 10.0 Å². The molecule has 108 valence electrons. The fraction of sp³-hybridized carbons (Fsp3) is 0.333. The van der Waals surface area contributed by atoms with Crippen molar-refractivity contribution in [3.63, 3.8) is 0 Å². The predicted molar refractivity (Wildman–Crippen MR) is 80.1 cm³/mol. The maximum atomic E-state index is 12.2. The number of hydrogen-bond acceptors (Lipinski definition) is 2. The third kappa shape index (κ3) is 2.94. The summed E-state index contributed by atoms with van der Waals surface area (Å²) in [5.41, 5.74) is 4.13. The lowest BCUT2D eigenvalue weighted by molar-refractivity contribution is 0.581. The molecule has 5 heteroatoms. The van der Waals surface area contributed by atoms with Crippen LogP contribution in [-0.4, -0.2) is 13.0 Å². The summed E-state index contributed by atoms with van der Waals surface area (Å²) in [7, 11) is -1.49. The lowest BCUT2D eigenvalue weighted by atomic mass is 10.2. The third-order valence-corrected chi connectivity index (χ3v) is 5.03. The highest BCUT2D eigenvalue weighted by molar-refractivity contribution is 7.89. The number of rotatable bonds is 4. The Hall–Kier alpha value is -1.59. The molecule has 0 saturated carbocycles. The van der Waals surface area contributed by atoms with E-state index >= 15 is 0 Å². The van der Waals surface area contributed by atoms with Gasteiger partial charge in [-0.3, -0.25) is 0 Å². The van der Waals surface area contributed by atoms with Gasteiger partial charge in [0.1, 0.15) is 0 Å². The first-order chi connectivity index (χ1) is 9.31. The second-order valence-corrected chi connectivity index (χ2v) is 6.86. The van der Waals surface area contributed by atoms with Crippen molar-refractivity contribution in [2.24, 2.45) is 7.05 Å². The van der Waals surface area contributed by atoms with Crippen LogP contribution >= 0.6 is 0 Å². The molecule has 2 rings (SSSR count). The van der Waals surface area contributed by atoms with Crippen LogP contribution in [0, 0.1) is 20.8 Å². The van der Waals surface area contributed by atoms with Crippen LogP contribution in [0.4, 0.5) is 0 Å². The second-order valence-electron chi connectivity index (χ2n) is 5.10. The molecule has 0 bridgehead atoms. The molecule has 4 nitrogen and oxygen atoms in total. The first-order valence-corrected chi connectivity index (χ1v) is 7.97. The minimum atomic E-state index is -3.46. The maximum absolute atomic E-state index is 12.2. The topological polar surface area (TPSA) is 51.1 Å². The number of nitrogens with one attached hydrogen (secondary N) is 1. The number of sulfonamides is 1. The van der Waals surface area contributed by atoms with Crippen molar-refractivity contribution in [3.05, 3.63) is 52.8 Å². The average molecular weight is 292 g/mol. The molecule has 0 saturated heterocycles. The molecule has 1 aromatic heterocycles. The zero-order valence-electron chi connectivity index (χ0n) is 12.3. The molecule has 1 N–H and O–H groups in total. The van der Waals surface area contributed by atoms with E-state index < -0.39 is 10.0 Å². The van der Waals surface area contributed by atoms with Gasteiger partial charge >= 0.3 is 0 Å². The SMILES string of the molecule is Cc1cccc(S(=O)(=O)NCc2cc(C)n(C)c2C)c1. The largest absolute Gasteiger partial charge is 0.352 e. The molecule has 0 aliphatic heterocycles. The quantitative estimate of drug-likeness (QED) is 0.941. The molecule has 0 unspecified atom stereocenters. The highest BCUT2D eigenvalue weighted by Crippen LogP contribution is 2.15. The summed E-state index contributed by atoms with van der Waals surface area (Å²) in [6.45, 7) is 6.18. The molecule has 0 amide bonds. The lowest BCUT2D eigenvalue weighted by Gasteiger charge is -2.08. The third-order valence-electron chi connectivity index (χ3n) is 3.63. The summed E-state index contributed by atoms with van der Waals surface area (Å²) >= 11 is 0. The van der Waals surface area contributed by atoms with Crippen molar-refractivity contribution in [3.8, 4) is 0 Å². The molecule has 0 aliphatic carbocycles. The van der Waals surface area contributed by atoms with E-state index in [-0.39, 0.29) is 0 Å². The monoisotopic (exact) mass is 292 g/mol. The van der Waals surface area contributed by atoms with Gasteiger partial charge in [-0.25, -0.2) is 13.1 Å². The van der Waals surface area contributed by atoms with Crippen molar-refractivity contribution in [1.29, 1.82) is 0 Å². The lowest BCUT2D eigenvalue weighted by Crippen LogP contribution is -2.23. The standard InChI is InChI=1S/C15H20N2O2S/c1-11-6-5-7-15(8-11)20(18,19)16-10-14-9-12(2)17(4)13(14)3/h5-9,16H,10H2,1-4H3. The van der Waals surface area contributed by atoms with Gasteiger partial charge in [0.25, 0.3) is 0 Å². The zero-order valence-corrected chi connectivity index (χ0v) is 13.1. The van der Waals surface area contributed by atoms with Gasteiger partial charge in [-0.1, -0.05) is 12.1 Å². The molecule has 0 aliphatic rings. The fourth-order valence-electron chi connectivity index (χ4n) is 2.15. The number of aryl methyl sites for hydroxylation is 2. The molecule has 0 radical (unpaired) electrons. The molecular weight excluding hydrogens is 272 g/mol. The minimum Gasteiger partial charge on any atom is -0.352 e. The number of aromatic nitrogens is 1. The smallest absolute Gasteiger partial charge is 0.240 e. The van der Waals surface area contributed by atoms with Crippen molar-refractivity contribution in [1.82, 2.24) is 9.29 Å². The van der Waals surface area contributed by atoms with E-state index in [4.69, 9.17) is 0 Å². The van der Waals surface area contributed by atoms with E-state index in [9.17, 15) is 8.42 Å². The molecule has 0 fully saturated rings. The Morgan fingerprint density at radius 3 is 2.40 bits per heavy atom. The maximum Gasteiger partial charge on any atom is 0.240 e. The van der Waals surface area contributed by atoms with Crippen LogP contribution in [0.25, 0.3) is 0 Å². The first kappa shape index (κ1) is 14.8. The Bertz CT molecular complexity index is 730. The van der Waals surface area contributed by atoms with Crippen molar-refractivity contribution in [2.75, 3.05) is 0 Å². The molecule has 2 aromatic rings. The van der Waals surface area contributed by atoms with Crippen molar-refractivity contribution < 1.29 is 8.42 Å². The highest BCUT2D eigenvalue weighted by Gasteiger charge is 2.15. The summed E-state index contributed by atoms with van der Waals surface area (Å²) < 4.78 is 29.2. The number of nitrogens with zero attached hydrogens (tertiary/aromatic N) is 1. The van der Waals surface area contributed by atoms with Crippen LogP contribution in [-0.2, 0) is 23.6 Å². The summed E-state index contributed by atoms with van der Waals surface area (Å²) in [5.74, 6) is 0. The van der Waals surface area contributed by atoms with E-state index in [0.29, 0.717) is 11.4 Å². The Morgan fingerprint density at radius 2 is 1.85 bits per heavy atom. The van der Waals surface area contributed by atoms with Crippen LogP contribution in [0.5, 0.6) is 0 Å². The molecule has 0 spiro atoms. The van der Waals surface area contributed by atoms with Crippen molar-refractivity contribution >= 4 is 10.0 Å². The summed E-state index contributed by atoms with van der Waals surface area (Å²) in [6, 6.07) is 8.92. The minimum absolute atomic E-state index is 0.308. The van der Waals surface area contributed by atoms with E-state index in [1.54, 1.807) is 18.2 Å².